The first kappa shape index (κ1) is 13.8. The Balaban J connectivity index is 2.97. The molecule has 0 heterocycles. The van der Waals surface area contributed by atoms with Crippen LogP contribution < -0.4 is 0 Å². The van der Waals surface area contributed by atoms with Gasteiger partial charge in [-0.2, -0.15) is 0 Å². The second-order valence-electron chi connectivity index (χ2n) is 4.56. The summed E-state index contributed by atoms with van der Waals surface area (Å²) >= 11 is 0. The molecule has 0 aromatic heterocycles. The van der Waals surface area contributed by atoms with Crippen LogP contribution in [-0.2, 0) is 14.4 Å². The molecule has 1 rings (SSSR count). The Morgan fingerprint density at radius 1 is 1.29 bits per heavy atom. The van der Waals surface area contributed by atoms with E-state index in [0.29, 0.717) is 24.8 Å². The Labute approximate surface area is 102 Å². The average molecular weight is 236 g/mol. The van der Waals surface area contributed by atoms with E-state index in [0.717, 1.165) is 12.8 Å². The molecular formula is C14H20O3. The molecular weight excluding hydrogens is 216 g/mol. The molecule has 17 heavy (non-hydrogen) atoms. The highest BCUT2D eigenvalue weighted by molar-refractivity contribution is 6.05. The van der Waals surface area contributed by atoms with Crippen LogP contribution in [0.5, 0.6) is 0 Å². The first-order valence-electron chi connectivity index (χ1n) is 6.30. The first-order chi connectivity index (χ1) is 8.02. The van der Waals surface area contributed by atoms with Crippen LogP contribution in [0.4, 0.5) is 0 Å². The van der Waals surface area contributed by atoms with Gasteiger partial charge >= 0.3 is 0 Å². The maximum atomic E-state index is 11.9. The summed E-state index contributed by atoms with van der Waals surface area (Å²) in [5.41, 5.74) is 0.477. The molecule has 94 valence electrons. The van der Waals surface area contributed by atoms with E-state index in [2.05, 4.69) is 6.58 Å². The summed E-state index contributed by atoms with van der Waals surface area (Å²) in [7, 11) is 0. The Morgan fingerprint density at radius 3 is 2.29 bits per heavy atom. The van der Waals surface area contributed by atoms with E-state index in [1.54, 1.807) is 13.8 Å². The fourth-order valence-corrected chi connectivity index (χ4v) is 2.46. The van der Waals surface area contributed by atoms with E-state index in [4.69, 9.17) is 0 Å². The average Bonchev–Trinajstić information content (AvgIpc) is 2.34. The number of Topliss-reactive ketones (excluding diaryl/α,β-unsaturated/α-hetero) is 3. The number of hydrogen-bond acceptors (Lipinski definition) is 3. The lowest BCUT2D eigenvalue weighted by atomic mass is 9.72. The zero-order valence-corrected chi connectivity index (χ0v) is 10.6. The highest BCUT2D eigenvalue weighted by Gasteiger charge is 2.37. The Hall–Kier alpha value is -1.25. The summed E-state index contributed by atoms with van der Waals surface area (Å²) < 4.78 is 0. The third kappa shape index (κ3) is 2.90. The number of allylic oxidation sites excluding steroid dienone is 1. The Bertz CT molecular complexity index is 338. The third-order valence-corrected chi connectivity index (χ3v) is 3.52. The van der Waals surface area contributed by atoms with Crippen LogP contribution in [0.3, 0.4) is 0 Å². The molecule has 1 atom stereocenters. The van der Waals surface area contributed by atoms with Crippen LogP contribution in [0.25, 0.3) is 0 Å². The highest BCUT2D eigenvalue weighted by atomic mass is 16.2. The van der Waals surface area contributed by atoms with Gasteiger partial charge in [0.05, 0.1) is 5.92 Å². The van der Waals surface area contributed by atoms with Gasteiger partial charge in [-0.05, 0) is 18.4 Å². The van der Waals surface area contributed by atoms with Crippen LogP contribution in [0.1, 0.15) is 46.0 Å². The van der Waals surface area contributed by atoms with Gasteiger partial charge in [0, 0.05) is 25.2 Å². The number of carbonyl (C=O) groups excluding carboxylic acids is 3. The summed E-state index contributed by atoms with van der Waals surface area (Å²) in [6.07, 6.45) is 2.67. The Morgan fingerprint density at radius 2 is 1.82 bits per heavy atom. The lowest BCUT2D eigenvalue weighted by Crippen LogP contribution is -2.35. The van der Waals surface area contributed by atoms with Crippen LogP contribution >= 0.6 is 0 Å². The molecule has 0 aromatic carbocycles. The molecule has 3 heteroatoms. The highest BCUT2D eigenvalue weighted by Crippen LogP contribution is 2.33. The van der Waals surface area contributed by atoms with Gasteiger partial charge < -0.3 is 0 Å². The second kappa shape index (κ2) is 5.89. The van der Waals surface area contributed by atoms with Gasteiger partial charge in [0.1, 0.15) is 11.6 Å². The molecule has 0 amide bonds. The van der Waals surface area contributed by atoms with Gasteiger partial charge in [0.2, 0.25) is 0 Å². The van der Waals surface area contributed by atoms with Crippen LogP contribution in [-0.4, -0.2) is 17.3 Å². The topological polar surface area (TPSA) is 51.2 Å². The molecule has 0 spiro atoms. The minimum Gasteiger partial charge on any atom is -0.299 e. The van der Waals surface area contributed by atoms with Gasteiger partial charge in [-0.3, -0.25) is 14.4 Å². The van der Waals surface area contributed by atoms with Crippen molar-refractivity contribution < 1.29 is 14.4 Å². The van der Waals surface area contributed by atoms with E-state index < -0.39 is 5.92 Å². The fourth-order valence-electron chi connectivity index (χ4n) is 2.46. The lowest BCUT2D eigenvalue weighted by Gasteiger charge is -2.29. The number of hydrogen-bond donors (Lipinski definition) is 0. The molecule has 0 bridgehead atoms. The fraction of sp³-hybridized carbons (Fsp3) is 0.643. The van der Waals surface area contributed by atoms with Crippen molar-refractivity contribution in [2.45, 2.75) is 46.0 Å². The smallest absolute Gasteiger partial charge is 0.158 e. The van der Waals surface area contributed by atoms with Crippen molar-refractivity contribution in [1.82, 2.24) is 0 Å². The number of carbonyl (C=O) groups is 3. The molecule has 0 aliphatic heterocycles. The summed E-state index contributed by atoms with van der Waals surface area (Å²) in [6, 6.07) is 0. The maximum absolute atomic E-state index is 11.9. The van der Waals surface area contributed by atoms with Crippen molar-refractivity contribution in [3.05, 3.63) is 12.2 Å². The SMILES string of the molecule is C=C1C(=O)CCCC1C(C(=O)CC)C(=O)CC. The molecule has 1 unspecified atom stereocenters. The van der Waals surface area contributed by atoms with Gasteiger partial charge in [-0.25, -0.2) is 0 Å². The lowest BCUT2D eigenvalue weighted by molar-refractivity contribution is -0.134. The largest absolute Gasteiger partial charge is 0.299 e. The zero-order valence-electron chi connectivity index (χ0n) is 10.6. The molecule has 0 radical (unpaired) electrons. The van der Waals surface area contributed by atoms with Crippen LogP contribution in [0.2, 0.25) is 0 Å². The monoisotopic (exact) mass is 236 g/mol. The van der Waals surface area contributed by atoms with Gasteiger partial charge in [0.15, 0.2) is 5.78 Å². The normalized spacial score (nSPS) is 20.8. The summed E-state index contributed by atoms with van der Waals surface area (Å²) in [5, 5.41) is 0. The number of ketones is 3. The molecule has 0 N–H and O–H groups in total. The van der Waals surface area contributed by atoms with Crippen LogP contribution in [0, 0.1) is 11.8 Å². The minimum atomic E-state index is -0.637. The summed E-state index contributed by atoms with van der Waals surface area (Å²) in [6.45, 7) is 7.29. The van der Waals surface area contributed by atoms with E-state index in [1.165, 1.54) is 0 Å². The molecule has 1 aliphatic carbocycles. The van der Waals surface area contributed by atoms with Crippen molar-refractivity contribution in [2.24, 2.45) is 11.8 Å². The second-order valence-corrected chi connectivity index (χ2v) is 4.56. The predicted molar refractivity (Wildman–Crippen MR) is 65.6 cm³/mol. The molecule has 1 aliphatic rings. The quantitative estimate of drug-likeness (QED) is 0.544. The molecule has 0 aromatic rings. The van der Waals surface area contributed by atoms with E-state index in [1.807, 2.05) is 0 Å². The summed E-state index contributed by atoms with van der Waals surface area (Å²) in [4.78, 5) is 35.4. The van der Waals surface area contributed by atoms with E-state index >= 15 is 0 Å². The standard InChI is InChI=1S/C14H20O3/c1-4-11(15)14(12(16)5-2)10-7-6-8-13(17)9(10)3/h10,14H,3-8H2,1-2H3. The zero-order chi connectivity index (χ0) is 13.0. The van der Waals surface area contributed by atoms with Crippen molar-refractivity contribution in [1.29, 1.82) is 0 Å². The molecule has 3 nitrogen and oxygen atoms in total. The number of rotatable bonds is 5. The maximum Gasteiger partial charge on any atom is 0.158 e. The third-order valence-electron chi connectivity index (χ3n) is 3.52. The van der Waals surface area contributed by atoms with Crippen molar-refractivity contribution in [3.8, 4) is 0 Å². The Kier molecular flexibility index (Phi) is 4.79. The van der Waals surface area contributed by atoms with Crippen molar-refractivity contribution in [2.75, 3.05) is 0 Å². The van der Waals surface area contributed by atoms with E-state index in [-0.39, 0.29) is 23.3 Å². The van der Waals surface area contributed by atoms with Crippen molar-refractivity contribution >= 4 is 17.3 Å². The minimum absolute atomic E-state index is 0.0130. The first-order valence-corrected chi connectivity index (χ1v) is 6.30. The molecule has 0 saturated heterocycles. The molecule has 1 saturated carbocycles. The van der Waals surface area contributed by atoms with E-state index in [9.17, 15) is 14.4 Å². The molecule has 1 fully saturated rings. The predicted octanol–water partition coefficient (Wildman–Crippen LogP) is 2.49. The van der Waals surface area contributed by atoms with Crippen molar-refractivity contribution in [3.63, 3.8) is 0 Å². The van der Waals surface area contributed by atoms with Gasteiger partial charge in [-0.15, -0.1) is 0 Å². The van der Waals surface area contributed by atoms with Gasteiger partial charge in [-0.1, -0.05) is 20.4 Å². The van der Waals surface area contributed by atoms with Crippen LogP contribution in [0.15, 0.2) is 12.2 Å². The van der Waals surface area contributed by atoms with Gasteiger partial charge in [0.25, 0.3) is 0 Å². The summed E-state index contributed by atoms with van der Waals surface area (Å²) in [5.74, 6) is -0.993.